The van der Waals surface area contributed by atoms with Crippen molar-refractivity contribution in [3.63, 3.8) is 0 Å². The Hall–Kier alpha value is -1.80. The van der Waals surface area contributed by atoms with Crippen LogP contribution >= 0.6 is 11.3 Å². The fourth-order valence-corrected chi connectivity index (χ4v) is 2.56. The molecule has 3 aromatic rings. The van der Waals surface area contributed by atoms with E-state index in [0.29, 0.717) is 0 Å². The van der Waals surface area contributed by atoms with Gasteiger partial charge in [0.25, 0.3) is 0 Å². The van der Waals surface area contributed by atoms with E-state index >= 15 is 0 Å². The van der Waals surface area contributed by atoms with E-state index in [2.05, 4.69) is 41.0 Å². The van der Waals surface area contributed by atoms with Gasteiger partial charge >= 0.3 is 0 Å². The Morgan fingerprint density at radius 2 is 1.69 bits per heavy atom. The number of rotatable bonds is 2. The van der Waals surface area contributed by atoms with E-state index in [4.69, 9.17) is 0 Å². The molecule has 0 saturated carbocycles. The van der Waals surface area contributed by atoms with E-state index in [0.717, 1.165) is 5.00 Å². The van der Waals surface area contributed by atoms with Crippen molar-refractivity contribution in [3.05, 3.63) is 67.0 Å². The summed E-state index contributed by atoms with van der Waals surface area (Å²) in [5.74, 6) is 0. The van der Waals surface area contributed by atoms with Gasteiger partial charge in [0.15, 0.2) is 0 Å². The maximum atomic E-state index is 3.29. The van der Waals surface area contributed by atoms with Gasteiger partial charge in [-0.3, -0.25) is 0 Å². The van der Waals surface area contributed by atoms with Gasteiger partial charge in [0.05, 0.1) is 0 Å². The molecule has 0 spiro atoms. The molecule has 0 fully saturated rings. The molecule has 3 rings (SSSR count). The van der Waals surface area contributed by atoms with Gasteiger partial charge in [-0.05, 0) is 23.8 Å². The predicted octanol–water partition coefficient (Wildman–Crippen LogP) is 4.01. The minimum Gasteiger partial charge on any atom is -0.315 e. The van der Waals surface area contributed by atoms with Crippen LogP contribution in [-0.4, -0.2) is 4.57 Å². The molecular weight excluding hydrogens is 214 g/mol. The lowest BCUT2D eigenvalue weighted by Gasteiger charge is -1.97. The monoisotopic (exact) mass is 224 g/mol. The van der Waals surface area contributed by atoms with Crippen molar-refractivity contribution in [1.82, 2.24) is 4.57 Å². The van der Waals surface area contributed by atoms with Gasteiger partial charge in [-0.25, -0.2) is 0 Å². The third-order valence-electron chi connectivity index (χ3n) is 2.43. The van der Waals surface area contributed by atoms with Crippen molar-refractivity contribution in [2.24, 2.45) is 0 Å². The third kappa shape index (κ3) is 1.68. The summed E-state index contributed by atoms with van der Waals surface area (Å²) in [6.07, 6.45) is 4.08. The standard InChI is InChI=1S/C14H10NS/c1-2-6-12(7-3-1)13-8-9-14(16-13)15-10-4-5-11-15/h1-8,10-11H. The van der Waals surface area contributed by atoms with Crippen LogP contribution in [0.3, 0.4) is 0 Å². The van der Waals surface area contributed by atoms with Crippen molar-refractivity contribution in [2.45, 2.75) is 0 Å². The van der Waals surface area contributed by atoms with Crippen LogP contribution in [0.5, 0.6) is 0 Å². The molecule has 77 valence electrons. The average molecular weight is 224 g/mol. The van der Waals surface area contributed by atoms with Crippen molar-refractivity contribution in [1.29, 1.82) is 0 Å². The van der Waals surface area contributed by atoms with E-state index < -0.39 is 0 Å². The molecule has 2 aromatic heterocycles. The van der Waals surface area contributed by atoms with Crippen LogP contribution in [0, 0.1) is 6.07 Å². The van der Waals surface area contributed by atoms with E-state index in [1.165, 1.54) is 10.4 Å². The zero-order chi connectivity index (χ0) is 10.8. The highest BCUT2D eigenvalue weighted by atomic mass is 32.1. The fraction of sp³-hybridized carbons (Fsp3) is 0. The minimum absolute atomic E-state index is 1.13. The van der Waals surface area contributed by atoms with Crippen molar-refractivity contribution in [2.75, 3.05) is 0 Å². The van der Waals surface area contributed by atoms with Crippen molar-refractivity contribution in [3.8, 4) is 15.4 Å². The zero-order valence-corrected chi connectivity index (χ0v) is 9.45. The van der Waals surface area contributed by atoms with E-state index in [-0.39, 0.29) is 0 Å². The van der Waals surface area contributed by atoms with Crippen LogP contribution in [0.1, 0.15) is 0 Å². The topological polar surface area (TPSA) is 4.93 Å². The summed E-state index contributed by atoms with van der Waals surface area (Å²) in [4.78, 5) is 1.25. The average Bonchev–Trinajstić information content (AvgIpc) is 3.01. The Balaban J connectivity index is 2.00. The van der Waals surface area contributed by atoms with Gasteiger partial charge in [-0.2, -0.15) is 0 Å². The first-order valence-corrected chi connectivity index (χ1v) is 5.95. The molecule has 0 aliphatic rings. The molecule has 0 atom stereocenters. The number of benzene rings is 1. The molecule has 1 radical (unpaired) electrons. The lowest BCUT2D eigenvalue weighted by atomic mass is 10.2. The molecule has 0 amide bonds. The molecule has 0 N–H and O–H groups in total. The molecule has 0 bridgehead atoms. The van der Waals surface area contributed by atoms with Crippen LogP contribution in [0.4, 0.5) is 0 Å². The SMILES string of the molecule is [c]1cc(-c2ccccc2)sc1-n1cccc1. The van der Waals surface area contributed by atoms with Gasteiger partial charge in [0.2, 0.25) is 0 Å². The van der Waals surface area contributed by atoms with Crippen LogP contribution in [0.15, 0.2) is 60.9 Å². The molecule has 0 aliphatic carbocycles. The maximum Gasteiger partial charge on any atom is 0.108 e. The van der Waals surface area contributed by atoms with Crippen LogP contribution < -0.4 is 0 Å². The van der Waals surface area contributed by atoms with Gasteiger partial charge < -0.3 is 4.57 Å². The van der Waals surface area contributed by atoms with E-state index in [1.54, 1.807) is 11.3 Å². The Morgan fingerprint density at radius 1 is 0.938 bits per heavy atom. The number of hydrogen-bond donors (Lipinski definition) is 0. The number of nitrogens with zero attached hydrogens (tertiary/aromatic N) is 1. The first kappa shape index (κ1) is 9.43. The second-order valence-corrected chi connectivity index (χ2v) is 4.55. The van der Waals surface area contributed by atoms with Gasteiger partial charge in [0.1, 0.15) is 5.00 Å². The number of aromatic nitrogens is 1. The molecule has 0 saturated heterocycles. The second kappa shape index (κ2) is 3.99. The van der Waals surface area contributed by atoms with Crippen LogP contribution in [0.2, 0.25) is 0 Å². The Bertz CT molecular complexity index is 564. The molecule has 0 unspecified atom stereocenters. The lowest BCUT2D eigenvalue weighted by Crippen LogP contribution is -1.82. The molecule has 0 aliphatic heterocycles. The largest absolute Gasteiger partial charge is 0.315 e. The van der Waals surface area contributed by atoms with Crippen LogP contribution in [0.25, 0.3) is 15.4 Å². The van der Waals surface area contributed by atoms with Crippen molar-refractivity contribution >= 4 is 11.3 Å². The summed E-state index contributed by atoms with van der Waals surface area (Å²) in [6, 6.07) is 19.8. The molecular formula is C14H10NS. The molecule has 1 aromatic carbocycles. The summed E-state index contributed by atoms with van der Waals surface area (Å²) < 4.78 is 2.08. The normalized spacial score (nSPS) is 10.5. The highest BCUT2D eigenvalue weighted by Crippen LogP contribution is 2.29. The number of hydrogen-bond acceptors (Lipinski definition) is 1. The molecule has 2 heterocycles. The van der Waals surface area contributed by atoms with Gasteiger partial charge in [0, 0.05) is 23.3 Å². The quantitative estimate of drug-likeness (QED) is 0.620. The Labute approximate surface area is 98.6 Å². The molecule has 16 heavy (non-hydrogen) atoms. The highest BCUT2D eigenvalue weighted by Gasteiger charge is 2.03. The van der Waals surface area contributed by atoms with Gasteiger partial charge in [-0.1, -0.05) is 30.3 Å². The van der Waals surface area contributed by atoms with Crippen molar-refractivity contribution < 1.29 is 0 Å². The summed E-state index contributed by atoms with van der Waals surface area (Å²) in [7, 11) is 0. The smallest absolute Gasteiger partial charge is 0.108 e. The maximum absolute atomic E-state index is 3.29. The van der Waals surface area contributed by atoms with E-state index in [1.807, 2.05) is 30.6 Å². The Kier molecular flexibility index (Phi) is 2.35. The predicted molar refractivity (Wildman–Crippen MR) is 67.9 cm³/mol. The summed E-state index contributed by atoms with van der Waals surface area (Å²) in [5, 5.41) is 1.13. The van der Waals surface area contributed by atoms with Crippen LogP contribution in [-0.2, 0) is 0 Å². The van der Waals surface area contributed by atoms with Gasteiger partial charge in [-0.15, -0.1) is 11.3 Å². The van der Waals surface area contributed by atoms with E-state index in [9.17, 15) is 0 Å². The fourth-order valence-electron chi connectivity index (χ4n) is 1.63. The minimum atomic E-state index is 1.13. The Morgan fingerprint density at radius 3 is 2.44 bits per heavy atom. The first-order valence-electron chi connectivity index (χ1n) is 5.14. The highest BCUT2D eigenvalue weighted by molar-refractivity contribution is 7.17. The summed E-state index contributed by atoms with van der Waals surface area (Å²) in [6.45, 7) is 0. The lowest BCUT2D eigenvalue weighted by molar-refractivity contribution is 1.11. The molecule has 2 heteroatoms. The number of thiophene rings is 1. The zero-order valence-electron chi connectivity index (χ0n) is 8.63. The molecule has 1 nitrogen and oxygen atoms in total. The third-order valence-corrected chi connectivity index (χ3v) is 3.53. The second-order valence-electron chi connectivity index (χ2n) is 3.52. The summed E-state index contributed by atoms with van der Waals surface area (Å²) in [5.41, 5.74) is 1.25. The first-order chi connectivity index (χ1) is 7.93. The summed E-state index contributed by atoms with van der Waals surface area (Å²) >= 11 is 1.75.